The number of anilines is 1. The van der Waals surface area contributed by atoms with Crippen molar-refractivity contribution in [3.63, 3.8) is 0 Å². The van der Waals surface area contributed by atoms with Crippen LogP contribution >= 0.6 is 0 Å². The van der Waals surface area contributed by atoms with Crippen molar-refractivity contribution in [2.45, 2.75) is 38.3 Å². The van der Waals surface area contributed by atoms with Gasteiger partial charge < -0.3 is 24.4 Å². The molecule has 6 heteroatoms. The maximum absolute atomic E-state index is 12.6. The van der Waals surface area contributed by atoms with Gasteiger partial charge in [-0.2, -0.15) is 0 Å². The molecule has 0 saturated carbocycles. The molecule has 0 bridgehead atoms. The van der Waals surface area contributed by atoms with Gasteiger partial charge in [0.1, 0.15) is 5.66 Å². The second-order valence-electron chi connectivity index (χ2n) is 8.65. The van der Waals surface area contributed by atoms with E-state index >= 15 is 0 Å². The molecule has 1 saturated heterocycles. The van der Waals surface area contributed by atoms with Crippen molar-refractivity contribution in [3.05, 3.63) is 53.1 Å². The van der Waals surface area contributed by atoms with Gasteiger partial charge in [0.25, 0.3) is 0 Å². The van der Waals surface area contributed by atoms with Gasteiger partial charge in [-0.05, 0) is 42.3 Å². The Hall–Kier alpha value is -3.15. The van der Waals surface area contributed by atoms with Gasteiger partial charge in [-0.25, -0.2) is 0 Å². The molecule has 164 valence electrons. The van der Waals surface area contributed by atoms with E-state index in [2.05, 4.69) is 55.3 Å². The monoisotopic (exact) mass is 422 g/mol. The molecule has 2 aliphatic heterocycles. The molecule has 0 spiro atoms. The summed E-state index contributed by atoms with van der Waals surface area (Å²) in [5.41, 5.74) is 3.52. The Morgan fingerprint density at radius 3 is 2.32 bits per heavy atom. The van der Waals surface area contributed by atoms with Crippen molar-refractivity contribution in [2.75, 3.05) is 32.8 Å². The van der Waals surface area contributed by atoms with E-state index in [1.807, 2.05) is 18.2 Å². The Balaban J connectivity index is 1.84. The summed E-state index contributed by atoms with van der Waals surface area (Å²) in [6, 6.07) is 10.3. The van der Waals surface area contributed by atoms with Gasteiger partial charge >= 0.3 is 0 Å². The third-order valence-corrected chi connectivity index (χ3v) is 6.59. The van der Waals surface area contributed by atoms with Crippen LogP contribution in [0.15, 0.2) is 36.4 Å². The van der Waals surface area contributed by atoms with Crippen molar-refractivity contribution in [3.8, 4) is 17.2 Å². The standard InChI is InChI=1S/C25H30N2O4/c1-16-7-8-19-18(13-16)24(2,3)25(26-22(28)10-12-27(19)25)11-9-17-14-20(29-4)23(31-6)21(15-17)30-5/h7-9,11,13-15H,10,12H2,1-6H3,(H,26,28). The Morgan fingerprint density at radius 1 is 1.03 bits per heavy atom. The highest BCUT2D eigenvalue weighted by Crippen LogP contribution is 2.52. The van der Waals surface area contributed by atoms with E-state index in [1.165, 1.54) is 16.8 Å². The van der Waals surface area contributed by atoms with Crippen LogP contribution in [0.25, 0.3) is 6.08 Å². The molecular weight excluding hydrogens is 392 g/mol. The first-order chi connectivity index (χ1) is 14.8. The summed E-state index contributed by atoms with van der Waals surface area (Å²) >= 11 is 0. The van der Waals surface area contributed by atoms with E-state index in [0.717, 1.165) is 5.56 Å². The summed E-state index contributed by atoms with van der Waals surface area (Å²) in [5, 5.41) is 3.31. The van der Waals surface area contributed by atoms with Crippen LogP contribution in [0.4, 0.5) is 5.69 Å². The number of nitrogens with zero attached hydrogens (tertiary/aromatic N) is 1. The molecule has 2 aliphatic rings. The number of nitrogens with one attached hydrogen (secondary N) is 1. The molecule has 0 radical (unpaired) electrons. The van der Waals surface area contributed by atoms with Crippen LogP contribution in [0.2, 0.25) is 0 Å². The van der Waals surface area contributed by atoms with Gasteiger partial charge in [0.05, 0.1) is 21.3 Å². The third kappa shape index (κ3) is 3.12. The summed E-state index contributed by atoms with van der Waals surface area (Å²) in [7, 11) is 4.79. The first kappa shape index (κ1) is 21.1. The lowest BCUT2D eigenvalue weighted by atomic mass is 9.74. The molecule has 2 heterocycles. The number of aryl methyl sites for hydroxylation is 1. The Morgan fingerprint density at radius 2 is 1.71 bits per heavy atom. The predicted molar refractivity (Wildman–Crippen MR) is 122 cm³/mol. The van der Waals surface area contributed by atoms with E-state index in [9.17, 15) is 4.79 Å². The number of ether oxygens (including phenoxy) is 3. The molecule has 1 atom stereocenters. The normalized spacial score (nSPS) is 21.5. The number of hydrogen-bond donors (Lipinski definition) is 1. The summed E-state index contributed by atoms with van der Waals surface area (Å²) in [6.45, 7) is 7.16. The molecule has 0 aliphatic carbocycles. The number of benzene rings is 2. The maximum atomic E-state index is 12.6. The smallest absolute Gasteiger partial charge is 0.223 e. The minimum absolute atomic E-state index is 0.0587. The number of amides is 1. The predicted octanol–water partition coefficient (Wildman–Crippen LogP) is 4.05. The van der Waals surface area contributed by atoms with Crippen molar-refractivity contribution >= 4 is 17.7 Å². The molecule has 2 aromatic carbocycles. The average molecular weight is 423 g/mol. The summed E-state index contributed by atoms with van der Waals surface area (Å²) < 4.78 is 16.4. The second kappa shape index (κ2) is 7.52. The van der Waals surface area contributed by atoms with E-state index in [4.69, 9.17) is 14.2 Å². The summed E-state index contributed by atoms with van der Waals surface area (Å²) in [5.74, 6) is 1.79. The van der Waals surface area contributed by atoms with Crippen molar-refractivity contribution in [1.82, 2.24) is 5.32 Å². The zero-order chi connectivity index (χ0) is 22.4. The van der Waals surface area contributed by atoms with Crippen LogP contribution in [0.1, 0.15) is 37.0 Å². The molecular formula is C25H30N2O4. The molecule has 1 unspecified atom stereocenters. The van der Waals surface area contributed by atoms with E-state index in [1.54, 1.807) is 21.3 Å². The number of carbonyl (C=O) groups excluding carboxylic acids is 1. The van der Waals surface area contributed by atoms with E-state index < -0.39 is 5.66 Å². The number of hydrogen-bond acceptors (Lipinski definition) is 5. The zero-order valence-electron chi connectivity index (χ0n) is 19.0. The zero-order valence-corrected chi connectivity index (χ0v) is 19.0. The molecule has 0 aromatic heterocycles. The van der Waals surface area contributed by atoms with Crippen molar-refractivity contribution in [1.29, 1.82) is 0 Å². The van der Waals surface area contributed by atoms with Gasteiger partial charge in [-0.1, -0.05) is 37.6 Å². The topological polar surface area (TPSA) is 60.0 Å². The van der Waals surface area contributed by atoms with Crippen LogP contribution in [0.3, 0.4) is 0 Å². The molecule has 6 nitrogen and oxygen atoms in total. The lowest BCUT2D eigenvalue weighted by Crippen LogP contribution is -2.68. The van der Waals surface area contributed by atoms with E-state index in [0.29, 0.717) is 30.2 Å². The number of carbonyl (C=O) groups is 1. The highest BCUT2D eigenvalue weighted by molar-refractivity contribution is 5.85. The van der Waals surface area contributed by atoms with Gasteiger partial charge in [-0.3, -0.25) is 4.79 Å². The number of fused-ring (bicyclic) bond motifs is 3. The lowest BCUT2D eigenvalue weighted by molar-refractivity contribution is -0.124. The lowest BCUT2D eigenvalue weighted by Gasteiger charge is -2.49. The van der Waals surface area contributed by atoms with Crippen LogP contribution in [-0.2, 0) is 10.2 Å². The quantitative estimate of drug-likeness (QED) is 0.788. The molecule has 4 rings (SSSR count). The molecule has 2 aromatic rings. The Kier molecular flexibility index (Phi) is 5.12. The fraction of sp³-hybridized carbons (Fsp3) is 0.400. The van der Waals surface area contributed by atoms with Crippen LogP contribution in [0.5, 0.6) is 17.2 Å². The molecule has 1 N–H and O–H groups in total. The largest absolute Gasteiger partial charge is 0.493 e. The highest BCUT2D eigenvalue weighted by Gasteiger charge is 2.57. The molecule has 31 heavy (non-hydrogen) atoms. The summed E-state index contributed by atoms with van der Waals surface area (Å²) in [6.07, 6.45) is 4.59. The number of methoxy groups -OCH3 is 3. The van der Waals surface area contributed by atoms with Crippen molar-refractivity contribution < 1.29 is 19.0 Å². The Labute approximate surface area is 183 Å². The third-order valence-electron chi connectivity index (χ3n) is 6.59. The fourth-order valence-corrected chi connectivity index (χ4v) is 4.88. The Bertz CT molecular complexity index is 1030. The average Bonchev–Trinajstić information content (AvgIpc) is 2.94. The molecule has 1 fully saturated rings. The highest BCUT2D eigenvalue weighted by atomic mass is 16.5. The van der Waals surface area contributed by atoms with Crippen LogP contribution < -0.4 is 24.4 Å². The van der Waals surface area contributed by atoms with Gasteiger partial charge in [0.15, 0.2) is 11.5 Å². The van der Waals surface area contributed by atoms with Crippen molar-refractivity contribution in [2.24, 2.45) is 0 Å². The van der Waals surface area contributed by atoms with Gasteiger partial charge in [-0.15, -0.1) is 0 Å². The van der Waals surface area contributed by atoms with Crippen LogP contribution in [-0.4, -0.2) is 39.4 Å². The fourth-order valence-electron chi connectivity index (χ4n) is 4.88. The second-order valence-corrected chi connectivity index (χ2v) is 8.65. The maximum Gasteiger partial charge on any atom is 0.223 e. The van der Waals surface area contributed by atoms with Gasteiger partial charge in [0.2, 0.25) is 11.7 Å². The minimum Gasteiger partial charge on any atom is -0.493 e. The van der Waals surface area contributed by atoms with E-state index in [-0.39, 0.29) is 11.3 Å². The minimum atomic E-state index is -0.668. The van der Waals surface area contributed by atoms with Gasteiger partial charge in [0, 0.05) is 24.1 Å². The number of rotatable bonds is 5. The first-order valence-electron chi connectivity index (χ1n) is 10.5. The summed E-state index contributed by atoms with van der Waals surface area (Å²) in [4.78, 5) is 14.9. The first-order valence-corrected chi connectivity index (χ1v) is 10.5. The molecule has 1 amide bonds. The van der Waals surface area contributed by atoms with Crippen LogP contribution in [0, 0.1) is 6.92 Å². The SMILES string of the molecule is COc1cc(C=CC23NC(=O)CCN2c2ccc(C)cc2C3(C)C)cc(OC)c1OC.